The number of aromatic nitrogens is 3. The monoisotopic (exact) mass is 422 g/mol. The van der Waals surface area contributed by atoms with Gasteiger partial charge in [0.2, 0.25) is 5.91 Å². The van der Waals surface area contributed by atoms with Gasteiger partial charge in [0.15, 0.2) is 11.0 Å². The Kier molecular flexibility index (Phi) is 7.37. The van der Waals surface area contributed by atoms with Crippen molar-refractivity contribution in [3.8, 4) is 11.4 Å². The highest BCUT2D eigenvalue weighted by Crippen LogP contribution is 2.26. The summed E-state index contributed by atoms with van der Waals surface area (Å²) in [4.78, 5) is 14.7. The van der Waals surface area contributed by atoms with Gasteiger partial charge in [-0.3, -0.25) is 9.36 Å². The Bertz CT molecular complexity index is 786. The number of rotatable bonds is 7. The van der Waals surface area contributed by atoms with E-state index in [1.165, 1.54) is 18.2 Å². The number of nitrogens with zero attached hydrogens (tertiary/aromatic N) is 4. The minimum absolute atomic E-state index is 0.165. The molecule has 2 heterocycles. The van der Waals surface area contributed by atoms with Crippen LogP contribution in [0.4, 0.5) is 0 Å². The van der Waals surface area contributed by atoms with Crippen molar-refractivity contribution >= 4 is 29.3 Å². The average molecular weight is 423 g/mol. The smallest absolute Gasteiger partial charge is 0.233 e. The minimum Gasteiger partial charge on any atom is -0.383 e. The zero-order valence-corrected chi connectivity index (χ0v) is 18.2. The third kappa shape index (κ3) is 5.27. The van der Waals surface area contributed by atoms with Crippen LogP contribution in [0.2, 0.25) is 5.02 Å². The zero-order valence-electron chi connectivity index (χ0n) is 16.6. The molecular weight excluding hydrogens is 396 g/mol. The maximum absolute atomic E-state index is 12.7. The van der Waals surface area contributed by atoms with Gasteiger partial charge in [0.25, 0.3) is 0 Å². The number of halogens is 1. The van der Waals surface area contributed by atoms with Crippen LogP contribution >= 0.6 is 23.4 Å². The number of ether oxygens (including phenoxy) is 1. The molecule has 1 aromatic carbocycles. The van der Waals surface area contributed by atoms with Gasteiger partial charge in [0.05, 0.1) is 18.9 Å². The first-order valence-corrected chi connectivity index (χ1v) is 10.9. The lowest BCUT2D eigenvalue weighted by Gasteiger charge is -2.34. The van der Waals surface area contributed by atoms with E-state index in [1.807, 2.05) is 33.7 Å². The van der Waals surface area contributed by atoms with E-state index in [4.69, 9.17) is 16.3 Å². The molecule has 2 atom stereocenters. The molecular formula is C20H27ClN4O2S. The second-order valence-corrected chi connectivity index (χ2v) is 8.87. The Labute approximate surface area is 175 Å². The lowest BCUT2D eigenvalue weighted by molar-refractivity contribution is -0.130. The van der Waals surface area contributed by atoms with Crippen LogP contribution in [-0.4, -0.2) is 58.1 Å². The Hall–Kier alpha value is -1.57. The molecule has 0 N–H and O–H groups in total. The molecule has 0 spiro atoms. The molecule has 28 heavy (non-hydrogen) atoms. The molecule has 0 unspecified atom stereocenters. The van der Waals surface area contributed by atoms with Crippen molar-refractivity contribution in [2.45, 2.75) is 32.0 Å². The summed E-state index contributed by atoms with van der Waals surface area (Å²) in [5.74, 6) is 2.39. The van der Waals surface area contributed by atoms with Crippen LogP contribution in [0.5, 0.6) is 0 Å². The third-order valence-electron chi connectivity index (χ3n) is 4.88. The van der Waals surface area contributed by atoms with Crippen molar-refractivity contribution < 1.29 is 9.53 Å². The summed E-state index contributed by atoms with van der Waals surface area (Å²) in [7, 11) is 1.67. The minimum atomic E-state index is 0.165. The number of carbonyl (C=O) groups is 1. The highest BCUT2D eigenvalue weighted by Gasteiger charge is 2.26. The maximum atomic E-state index is 12.7. The molecule has 0 radical (unpaired) electrons. The normalized spacial score (nSPS) is 19.8. The number of piperidine rings is 1. The quantitative estimate of drug-likeness (QED) is 0.634. The summed E-state index contributed by atoms with van der Waals surface area (Å²) >= 11 is 7.43. The van der Waals surface area contributed by atoms with Crippen molar-refractivity contribution in [2.24, 2.45) is 11.8 Å². The van der Waals surface area contributed by atoms with Gasteiger partial charge in [0, 0.05) is 30.8 Å². The van der Waals surface area contributed by atoms with E-state index in [0.717, 1.165) is 29.6 Å². The summed E-state index contributed by atoms with van der Waals surface area (Å²) in [5, 5.41) is 10.1. The molecule has 1 aliphatic heterocycles. The summed E-state index contributed by atoms with van der Waals surface area (Å²) in [6, 6.07) is 7.51. The van der Waals surface area contributed by atoms with Crippen LogP contribution in [0.25, 0.3) is 11.4 Å². The van der Waals surface area contributed by atoms with Crippen LogP contribution in [0.3, 0.4) is 0 Å². The highest BCUT2D eigenvalue weighted by molar-refractivity contribution is 7.99. The van der Waals surface area contributed by atoms with E-state index in [2.05, 4.69) is 24.0 Å². The van der Waals surface area contributed by atoms with Crippen molar-refractivity contribution in [2.75, 3.05) is 32.6 Å². The van der Waals surface area contributed by atoms with Crippen molar-refractivity contribution in [3.63, 3.8) is 0 Å². The summed E-state index contributed by atoms with van der Waals surface area (Å²) < 4.78 is 7.25. The number of hydrogen-bond acceptors (Lipinski definition) is 5. The van der Waals surface area contributed by atoms with E-state index < -0.39 is 0 Å². The number of hydrogen-bond donors (Lipinski definition) is 0. The summed E-state index contributed by atoms with van der Waals surface area (Å²) in [5.41, 5.74) is 0.935. The molecule has 0 aliphatic carbocycles. The fourth-order valence-electron chi connectivity index (χ4n) is 3.68. The first-order chi connectivity index (χ1) is 13.5. The molecule has 0 bridgehead atoms. The Morgan fingerprint density at radius 3 is 2.54 bits per heavy atom. The molecule has 152 valence electrons. The second-order valence-electron chi connectivity index (χ2n) is 7.49. The maximum Gasteiger partial charge on any atom is 0.233 e. The Morgan fingerprint density at radius 2 is 1.89 bits per heavy atom. The first kappa shape index (κ1) is 21.1. The number of carbonyl (C=O) groups excluding carboxylic acids is 1. The van der Waals surface area contributed by atoms with E-state index in [1.54, 1.807) is 7.11 Å². The first-order valence-electron chi connectivity index (χ1n) is 9.56. The van der Waals surface area contributed by atoms with Crippen molar-refractivity contribution in [1.82, 2.24) is 19.7 Å². The fourth-order valence-corrected chi connectivity index (χ4v) is 4.67. The van der Waals surface area contributed by atoms with Gasteiger partial charge in [0.1, 0.15) is 0 Å². The molecule has 2 aromatic rings. The Balaban J connectivity index is 1.72. The molecule has 3 rings (SSSR count). The van der Waals surface area contributed by atoms with Gasteiger partial charge < -0.3 is 9.64 Å². The van der Waals surface area contributed by atoms with Gasteiger partial charge in [-0.05, 0) is 42.5 Å². The van der Waals surface area contributed by atoms with Crippen LogP contribution in [-0.2, 0) is 16.1 Å². The van der Waals surface area contributed by atoms with Crippen molar-refractivity contribution in [3.05, 3.63) is 29.3 Å². The molecule has 1 aliphatic rings. The predicted octanol–water partition coefficient (Wildman–Crippen LogP) is 3.84. The molecule has 1 amide bonds. The third-order valence-corrected chi connectivity index (χ3v) is 6.09. The molecule has 8 heteroatoms. The van der Waals surface area contributed by atoms with Crippen LogP contribution in [0.15, 0.2) is 29.4 Å². The average Bonchev–Trinajstić information content (AvgIpc) is 3.07. The number of benzene rings is 1. The van der Waals surface area contributed by atoms with Crippen molar-refractivity contribution in [1.29, 1.82) is 0 Å². The largest absolute Gasteiger partial charge is 0.383 e. The lowest BCUT2D eigenvalue weighted by atomic mass is 9.92. The van der Waals surface area contributed by atoms with Crippen LogP contribution in [0, 0.1) is 11.8 Å². The second kappa shape index (κ2) is 9.76. The van der Waals surface area contributed by atoms with Gasteiger partial charge in [-0.2, -0.15) is 0 Å². The molecule has 1 saturated heterocycles. The fraction of sp³-hybridized carbons (Fsp3) is 0.550. The van der Waals surface area contributed by atoms with Crippen LogP contribution in [0.1, 0.15) is 20.3 Å². The molecule has 0 saturated carbocycles. The number of methoxy groups -OCH3 is 1. The lowest BCUT2D eigenvalue weighted by Crippen LogP contribution is -2.43. The SMILES string of the molecule is COCCn1c(SCC(=O)N2C[C@@H](C)C[C@H](C)C2)nnc1-c1ccc(Cl)cc1. The van der Waals surface area contributed by atoms with E-state index in [0.29, 0.717) is 35.8 Å². The Morgan fingerprint density at radius 1 is 1.21 bits per heavy atom. The van der Waals surface area contributed by atoms with E-state index in [-0.39, 0.29) is 5.91 Å². The highest BCUT2D eigenvalue weighted by atomic mass is 35.5. The summed E-state index contributed by atoms with van der Waals surface area (Å²) in [6.45, 7) is 7.27. The van der Waals surface area contributed by atoms with Gasteiger partial charge in [-0.15, -0.1) is 10.2 Å². The standard InChI is InChI=1S/C20H27ClN4O2S/c1-14-10-15(2)12-24(11-14)18(26)13-28-20-23-22-19(25(20)8-9-27-3)16-4-6-17(21)7-5-16/h4-7,14-15H,8-13H2,1-3H3/t14-,15-/m0/s1. The van der Waals surface area contributed by atoms with Gasteiger partial charge in [-0.1, -0.05) is 37.2 Å². The van der Waals surface area contributed by atoms with Gasteiger partial charge >= 0.3 is 0 Å². The van der Waals surface area contributed by atoms with Gasteiger partial charge in [-0.25, -0.2) is 0 Å². The molecule has 6 nitrogen and oxygen atoms in total. The summed E-state index contributed by atoms with van der Waals surface area (Å²) in [6.07, 6.45) is 1.19. The molecule has 1 fully saturated rings. The number of amides is 1. The number of likely N-dealkylation sites (tertiary alicyclic amines) is 1. The van der Waals surface area contributed by atoms with E-state index >= 15 is 0 Å². The number of thioether (sulfide) groups is 1. The predicted molar refractivity (Wildman–Crippen MR) is 113 cm³/mol. The van der Waals surface area contributed by atoms with E-state index in [9.17, 15) is 4.79 Å². The topological polar surface area (TPSA) is 60.2 Å². The molecule has 1 aromatic heterocycles. The van der Waals surface area contributed by atoms with Crippen LogP contribution < -0.4 is 0 Å². The zero-order chi connectivity index (χ0) is 20.1.